The highest BCUT2D eigenvalue weighted by Crippen LogP contribution is 2.40. The zero-order valence-electron chi connectivity index (χ0n) is 18.6. The summed E-state index contributed by atoms with van der Waals surface area (Å²) in [5.74, 6) is 1.28. The Morgan fingerprint density at radius 3 is 2.41 bits per heavy atom. The normalized spacial score (nSPS) is 22.0. The fourth-order valence-corrected chi connectivity index (χ4v) is 4.19. The van der Waals surface area contributed by atoms with E-state index in [1.165, 1.54) is 6.33 Å². The fraction of sp³-hybridized carbons (Fsp3) is 0.240. The molecule has 4 aromatic rings. The lowest BCUT2D eigenvalue weighted by Gasteiger charge is -2.17. The molecule has 1 aliphatic rings. The summed E-state index contributed by atoms with van der Waals surface area (Å²) >= 11 is 0. The molecule has 0 saturated carbocycles. The van der Waals surface area contributed by atoms with E-state index in [0.717, 1.165) is 28.0 Å². The molecule has 0 radical (unpaired) electrons. The molecule has 9 nitrogen and oxygen atoms in total. The first-order chi connectivity index (χ1) is 16.5. The maximum absolute atomic E-state index is 10.6. The molecule has 1 fully saturated rings. The van der Waals surface area contributed by atoms with Gasteiger partial charge in [0.2, 0.25) is 0 Å². The average molecular weight is 457 g/mol. The van der Waals surface area contributed by atoms with Crippen LogP contribution in [-0.2, 0) is 4.74 Å². The molecule has 3 N–H and O–H groups in total. The standard InChI is InChI=1S/C25H23N5O4/c1-14-21(31)22(32)25(34-14)30-12-19(16-5-9-18(33-2)10-6-16)20-23(27-13-28-24(20)30)29-17-7-3-15(11-26)4-8-17/h3-10,12-14,21-22,25,31-32H,1-2H3,(H,27,28,29)/t14-,21+,22+,25-/m1/s1. The zero-order valence-corrected chi connectivity index (χ0v) is 18.6. The van der Waals surface area contributed by atoms with E-state index >= 15 is 0 Å². The predicted molar refractivity (Wildman–Crippen MR) is 126 cm³/mol. The van der Waals surface area contributed by atoms with Crippen LogP contribution in [0.2, 0.25) is 0 Å². The number of hydrogen-bond acceptors (Lipinski definition) is 8. The summed E-state index contributed by atoms with van der Waals surface area (Å²) in [7, 11) is 1.61. The highest BCUT2D eigenvalue weighted by Gasteiger charge is 2.42. The van der Waals surface area contributed by atoms with Crippen LogP contribution in [0.5, 0.6) is 5.75 Å². The number of methoxy groups -OCH3 is 1. The number of nitriles is 1. The summed E-state index contributed by atoms with van der Waals surface area (Å²) in [5, 5.41) is 34.0. The molecule has 0 bridgehead atoms. The van der Waals surface area contributed by atoms with Gasteiger partial charge in [-0.25, -0.2) is 9.97 Å². The van der Waals surface area contributed by atoms with E-state index in [0.29, 0.717) is 17.0 Å². The molecule has 2 aromatic heterocycles. The van der Waals surface area contributed by atoms with Gasteiger partial charge in [0.05, 0.1) is 30.2 Å². The highest BCUT2D eigenvalue weighted by molar-refractivity contribution is 6.02. The molecule has 34 heavy (non-hydrogen) atoms. The van der Waals surface area contributed by atoms with Crippen LogP contribution in [0.25, 0.3) is 22.2 Å². The van der Waals surface area contributed by atoms with E-state index in [2.05, 4.69) is 21.4 Å². The Hall–Kier alpha value is -3.97. The van der Waals surface area contributed by atoms with Crippen molar-refractivity contribution in [3.05, 3.63) is 66.6 Å². The van der Waals surface area contributed by atoms with Crippen molar-refractivity contribution in [1.29, 1.82) is 5.26 Å². The summed E-state index contributed by atoms with van der Waals surface area (Å²) in [5.41, 5.74) is 3.57. The van der Waals surface area contributed by atoms with Gasteiger partial charge in [-0.2, -0.15) is 5.26 Å². The molecule has 9 heteroatoms. The van der Waals surface area contributed by atoms with Crippen molar-refractivity contribution in [2.24, 2.45) is 0 Å². The topological polar surface area (TPSA) is 125 Å². The third kappa shape index (κ3) is 3.74. The van der Waals surface area contributed by atoms with E-state index in [-0.39, 0.29) is 0 Å². The van der Waals surface area contributed by atoms with Crippen LogP contribution in [0, 0.1) is 11.3 Å². The van der Waals surface area contributed by atoms with Gasteiger partial charge in [0.15, 0.2) is 6.23 Å². The first-order valence-electron chi connectivity index (χ1n) is 10.8. The van der Waals surface area contributed by atoms with Crippen molar-refractivity contribution in [3.63, 3.8) is 0 Å². The van der Waals surface area contributed by atoms with Gasteiger partial charge >= 0.3 is 0 Å². The van der Waals surface area contributed by atoms with Crippen LogP contribution < -0.4 is 10.1 Å². The maximum Gasteiger partial charge on any atom is 0.164 e. The summed E-state index contributed by atoms with van der Waals surface area (Å²) in [6, 6.07) is 16.8. The van der Waals surface area contributed by atoms with Crippen LogP contribution >= 0.6 is 0 Å². The molecule has 0 unspecified atom stereocenters. The minimum absolute atomic E-state index is 0.528. The number of fused-ring (bicyclic) bond motifs is 1. The Bertz CT molecular complexity index is 1360. The lowest BCUT2D eigenvalue weighted by molar-refractivity contribution is -0.0295. The first-order valence-corrected chi connectivity index (χ1v) is 10.8. The summed E-state index contributed by atoms with van der Waals surface area (Å²) in [6.45, 7) is 1.72. The van der Waals surface area contributed by atoms with Crippen molar-refractivity contribution < 1.29 is 19.7 Å². The predicted octanol–water partition coefficient (Wildman–Crippen LogP) is 3.36. The lowest BCUT2D eigenvalue weighted by Crippen LogP contribution is -2.30. The molecule has 2 aromatic carbocycles. The van der Waals surface area contributed by atoms with Crippen molar-refractivity contribution in [1.82, 2.24) is 14.5 Å². The summed E-state index contributed by atoms with van der Waals surface area (Å²) < 4.78 is 12.9. The Balaban J connectivity index is 1.67. The van der Waals surface area contributed by atoms with Crippen LogP contribution in [0.1, 0.15) is 18.7 Å². The number of benzene rings is 2. The molecule has 1 saturated heterocycles. The second-order valence-electron chi connectivity index (χ2n) is 8.13. The first kappa shape index (κ1) is 21.9. The molecular weight excluding hydrogens is 434 g/mol. The zero-order chi connectivity index (χ0) is 23.8. The number of nitrogens with zero attached hydrogens (tertiary/aromatic N) is 4. The molecule has 0 aliphatic carbocycles. The lowest BCUT2D eigenvalue weighted by atomic mass is 10.1. The Morgan fingerprint density at radius 1 is 1.06 bits per heavy atom. The number of rotatable bonds is 5. The molecule has 1 aliphatic heterocycles. The van der Waals surface area contributed by atoms with E-state index < -0.39 is 24.5 Å². The van der Waals surface area contributed by atoms with E-state index in [1.54, 1.807) is 42.9 Å². The molecular formula is C25H23N5O4. The quantitative estimate of drug-likeness (QED) is 0.417. The molecule has 172 valence electrons. The SMILES string of the molecule is COc1ccc(-c2cn([C@@H]3O[C@H](C)[C@H](O)[C@@H]3O)c3ncnc(Nc4ccc(C#N)cc4)c23)cc1. The number of aliphatic hydroxyl groups excluding tert-OH is 2. The van der Waals surface area contributed by atoms with E-state index in [9.17, 15) is 10.2 Å². The molecule has 5 rings (SSSR count). The number of anilines is 2. The van der Waals surface area contributed by atoms with Crippen LogP contribution in [0.4, 0.5) is 11.5 Å². The average Bonchev–Trinajstić information content (AvgIpc) is 3.38. The van der Waals surface area contributed by atoms with Gasteiger partial charge in [-0.05, 0) is 48.9 Å². The molecule has 0 amide bonds. The minimum Gasteiger partial charge on any atom is -0.497 e. The number of aromatic nitrogens is 3. The van der Waals surface area contributed by atoms with Crippen LogP contribution in [-0.4, -0.2) is 50.2 Å². The van der Waals surface area contributed by atoms with Gasteiger partial charge in [-0.1, -0.05) is 12.1 Å². The number of hydrogen-bond donors (Lipinski definition) is 3. The third-order valence-electron chi connectivity index (χ3n) is 6.04. The molecule has 0 spiro atoms. The van der Waals surface area contributed by atoms with Crippen molar-refractivity contribution in [2.75, 3.05) is 12.4 Å². The van der Waals surface area contributed by atoms with Gasteiger partial charge in [-0.15, -0.1) is 0 Å². The largest absolute Gasteiger partial charge is 0.497 e. The number of ether oxygens (including phenoxy) is 2. The second-order valence-corrected chi connectivity index (χ2v) is 8.13. The van der Waals surface area contributed by atoms with Crippen molar-refractivity contribution in [2.45, 2.75) is 31.5 Å². The van der Waals surface area contributed by atoms with Crippen LogP contribution in [0.3, 0.4) is 0 Å². The smallest absolute Gasteiger partial charge is 0.164 e. The van der Waals surface area contributed by atoms with Crippen molar-refractivity contribution >= 4 is 22.5 Å². The minimum atomic E-state index is -1.11. The maximum atomic E-state index is 10.6. The summed E-state index contributed by atoms with van der Waals surface area (Å²) in [6.07, 6.45) is -0.172. The monoisotopic (exact) mass is 457 g/mol. The Morgan fingerprint density at radius 2 is 1.79 bits per heavy atom. The van der Waals surface area contributed by atoms with Gasteiger partial charge in [-0.3, -0.25) is 0 Å². The van der Waals surface area contributed by atoms with E-state index in [4.69, 9.17) is 14.7 Å². The number of aliphatic hydroxyl groups is 2. The van der Waals surface area contributed by atoms with Gasteiger partial charge < -0.3 is 29.6 Å². The van der Waals surface area contributed by atoms with E-state index in [1.807, 2.05) is 30.5 Å². The van der Waals surface area contributed by atoms with Gasteiger partial charge in [0, 0.05) is 17.4 Å². The molecule has 3 heterocycles. The van der Waals surface area contributed by atoms with Crippen molar-refractivity contribution in [3.8, 4) is 22.9 Å². The second kappa shape index (κ2) is 8.76. The Labute approximate surface area is 195 Å². The number of nitrogens with one attached hydrogen (secondary N) is 1. The highest BCUT2D eigenvalue weighted by atomic mass is 16.6. The Kier molecular flexibility index (Phi) is 5.63. The van der Waals surface area contributed by atoms with Gasteiger partial charge in [0.1, 0.15) is 35.7 Å². The summed E-state index contributed by atoms with van der Waals surface area (Å²) in [4.78, 5) is 8.97. The fourth-order valence-electron chi connectivity index (χ4n) is 4.19. The molecule has 4 atom stereocenters. The van der Waals surface area contributed by atoms with Gasteiger partial charge in [0.25, 0.3) is 0 Å². The third-order valence-corrected chi connectivity index (χ3v) is 6.04. The van der Waals surface area contributed by atoms with Crippen LogP contribution in [0.15, 0.2) is 61.1 Å².